The molecule has 0 aromatic heterocycles. The van der Waals surface area contributed by atoms with Crippen LogP contribution in [0.15, 0.2) is 36.4 Å². The number of carbonyl (C=O) groups excluding carboxylic acids is 4. The average Bonchev–Trinajstić information content (AvgIpc) is 2.73. The molecule has 0 saturated carbocycles. The smallest absolute Gasteiger partial charge is 0.339 e. The summed E-state index contributed by atoms with van der Waals surface area (Å²) in [6.07, 6.45) is 0.838. The fraction of sp³-hybridized carbons (Fsp3) is 0.500. The molecule has 0 aliphatic rings. The molecule has 0 spiro atoms. The number of ether oxygens (including phenoxy) is 4. The number of carbonyl (C=O) groups is 4. The van der Waals surface area contributed by atoms with Crippen molar-refractivity contribution in [2.24, 2.45) is 5.41 Å². The third-order valence-corrected chi connectivity index (χ3v) is 4.37. The first-order valence-corrected chi connectivity index (χ1v) is 10.4. The van der Waals surface area contributed by atoms with Crippen molar-refractivity contribution in [3.8, 4) is 0 Å². The Hall–Kier alpha value is -3.16. The van der Waals surface area contributed by atoms with E-state index in [-0.39, 0.29) is 41.9 Å². The predicted molar refractivity (Wildman–Crippen MR) is 117 cm³/mol. The van der Waals surface area contributed by atoms with E-state index in [1.807, 2.05) is 13.8 Å². The van der Waals surface area contributed by atoms with E-state index >= 15 is 0 Å². The lowest BCUT2D eigenvalue weighted by molar-refractivity contribution is -0.157. The Bertz CT molecular complexity index is 840. The van der Waals surface area contributed by atoms with Crippen LogP contribution in [0.3, 0.4) is 0 Å². The van der Waals surface area contributed by atoms with Gasteiger partial charge in [-0.1, -0.05) is 45.9 Å². The first kappa shape index (κ1) is 26.9. The SMILES string of the molecule is C=C(C)C(=O)OCC(COC(=O)c1ccccc1C(=O)OCC(C)(C)CCC)OC(C)=O. The van der Waals surface area contributed by atoms with Crippen LogP contribution >= 0.6 is 0 Å². The van der Waals surface area contributed by atoms with Gasteiger partial charge in [0.25, 0.3) is 0 Å². The van der Waals surface area contributed by atoms with E-state index in [0.29, 0.717) is 0 Å². The predicted octanol–water partition coefficient (Wildman–Crippen LogP) is 3.88. The Labute approximate surface area is 188 Å². The molecule has 176 valence electrons. The van der Waals surface area contributed by atoms with E-state index < -0.39 is 30.0 Å². The summed E-state index contributed by atoms with van der Waals surface area (Å²) in [4.78, 5) is 48.1. The van der Waals surface area contributed by atoms with Gasteiger partial charge in [0.15, 0.2) is 6.10 Å². The van der Waals surface area contributed by atoms with Crippen molar-refractivity contribution in [2.75, 3.05) is 19.8 Å². The minimum Gasteiger partial charge on any atom is -0.462 e. The zero-order chi connectivity index (χ0) is 24.3. The highest BCUT2D eigenvalue weighted by atomic mass is 16.6. The van der Waals surface area contributed by atoms with Gasteiger partial charge < -0.3 is 18.9 Å². The Morgan fingerprint density at radius 2 is 1.47 bits per heavy atom. The molecule has 0 amide bonds. The molecular formula is C24H32O8. The molecule has 0 radical (unpaired) electrons. The van der Waals surface area contributed by atoms with Gasteiger partial charge in [0.2, 0.25) is 0 Å². The Morgan fingerprint density at radius 1 is 0.938 bits per heavy atom. The zero-order valence-corrected chi connectivity index (χ0v) is 19.4. The number of rotatable bonds is 12. The molecule has 8 nitrogen and oxygen atoms in total. The Morgan fingerprint density at radius 3 is 1.97 bits per heavy atom. The van der Waals surface area contributed by atoms with Crippen LogP contribution < -0.4 is 0 Å². The van der Waals surface area contributed by atoms with E-state index in [9.17, 15) is 19.2 Å². The molecule has 1 unspecified atom stereocenters. The van der Waals surface area contributed by atoms with E-state index in [1.165, 1.54) is 26.0 Å². The lowest BCUT2D eigenvalue weighted by Crippen LogP contribution is -2.30. The third kappa shape index (κ3) is 9.32. The first-order chi connectivity index (χ1) is 15.0. The van der Waals surface area contributed by atoms with Crippen LogP contribution in [-0.2, 0) is 28.5 Å². The minimum atomic E-state index is -1.01. The van der Waals surface area contributed by atoms with Crippen molar-refractivity contribution in [1.29, 1.82) is 0 Å². The summed E-state index contributed by atoms with van der Waals surface area (Å²) in [5, 5.41) is 0. The van der Waals surface area contributed by atoms with Crippen LogP contribution in [0.4, 0.5) is 0 Å². The quantitative estimate of drug-likeness (QED) is 0.269. The molecule has 8 heteroatoms. The van der Waals surface area contributed by atoms with Gasteiger partial charge in [-0.05, 0) is 30.9 Å². The van der Waals surface area contributed by atoms with Crippen LogP contribution in [0.1, 0.15) is 68.2 Å². The summed E-state index contributed by atoms with van der Waals surface area (Å²) >= 11 is 0. The second-order valence-corrected chi connectivity index (χ2v) is 8.24. The van der Waals surface area contributed by atoms with Crippen molar-refractivity contribution in [2.45, 2.75) is 53.6 Å². The molecule has 0 N–H and O–H groups in total. The van der Waals surface area contributed by atoms with Crippen molar-refractivity contribution in [3.05, 3.63) is 47.5 Å². The maximum absolute atomic E-state index is 12.6. The topological polar surface area (TPSA) is 105 Å². The van der Waals surface area contributed by atoms with E-state index in [1.54, 1.807) is 12.1 Å². The standard InChI is InChI=1S/C24H32O8/c1-7-12-24(5,6)15-31-23(28)20-11-9-8-10-19(20)22(27)30-14-18(32-17(4)25)13-29-21(26)16(2)3/h8-11,18H,2,7,12-15H2,1,3-6H3. The maximum Gasteiger partial charge on any atom is 0.339 e. The zero-order valence-electron chi connectivity index (χ0n) is 19.4. The van der Waals surface area contributed by atoms with Gasteiger partial charge in [-0.3, -0.25) is 4.79 Å². The molecular weight excluding hydrogens is 416 g/mol. The molecule has 32 heavy (non-hydrogen) atoms. The molecule has 0 aliphatic carbocycles. The lowest BCUT2D eigenvalue weighted by Gasteiger charge is -2.23. The van der Waals surface area contributed by atoms with Crippen LogP contribution in [-0.4, -0.2) is 49.8 Å². The van der Waals surface area contributed by atoms with Gasteiger partial charge in [0.05, 0.1) is 17.7 Å². The van der Waals surface area contributed by atoms with Crippen molar-refractivity contribution < 1.29 is 38.1 Å². The van der Waals surface area contributed by atoms with Gasteiger partial charge in [0, 0.05) is 12.5 Å². The maximum atomic E-state index is 12.6. The van der Waals surface area contributed by atoms with Crippen molar-refractivity contribution in [1.82, 2.24) is 0 Å². The lowest BCUT2D eigenvalue weighted by atomic mass is 9.89. The number of hydrogen-bond acceptors (Lipinski definition) is 8. The highest BCUT2D eigenvalue weighted by Crippen LogP contribution is 2.23. The number of hydrogen-bond donors (Lipinski definition) is 0. The Balaban J connectivity index is 2.82. The fourth-order valence-corrected chi connectivity index (χ4v) is 2.82. The summed E-state index contributed by atoms with van der Waals surface area (Å²) in [6, 6.07) is 6.12. The molecule has 0 saturated heterocycles. The second-order valence-electron chi connectivity index (χ2n) is 8.24. The van der Waals surface area contributed by atoms with E-state index in [2.05, 4.69) is 13.5 Å². The summed E-state index contributed by atoms with van der Waals surface area (Å²) in [5.41, 5.74) is 0.0881. The van der Waals surface area contributed by atoms with Crippen LogP contribution in [0.5, 0.6) is 0 Å². The van der Waals surface area contributed by atoms with Gasteiger partial charge in [-0.25, -0.2) is 14.4 Å². The van der Waals surface area contributed by atoms with Crippen LogP contribution in [0.2, 0.25) is 0 Å². The summed E-state index contributed by atoms with van der Waals surface area (Å²) in [7, 11) is 0. The van der Waals surface area contributed by atoms with Gasteiger partial charge in [-0.2, -0.15) is 0 Å². The Kier molecular flexibility index (Phi) is 10.6. The number of benzene rings is 1. The monoisotopic (exact) mass is 448 g/mol. The van der Waals surface area contributed by atoms with Crippen LogP contribution in [0, 0.1) is 5.41 Å². The molecule has 1 rings (SSSR count). The van der Waals surface area contributed by atoms with E-state index in [4.69, 9.17) is 18.9 Å². The van der Waals surface area contributed by atoms with Crippen LogP contribution in [0.25, 0.3) is 0 Å². The summed E-state index contributed by atoms with van der Waals surface area (Å²) in [6.45, 7) is 11.7. The fourth-order valence-electron chi connectivity index (χ4n) is 2.82. The summed E-state index contributed by atoms with van der Waals surface area (Å²) in [5.74, 6) is -2.72. The first-order valence-electron chi connectivity index (χ1n) is 10.4. The highest BCUT2D eigenvalue weighted by Gasteiger charge is 2.24. The third-order valence-electron chi connectivity index (χ3n) is 4.37. The van der Waals surface area contributed by atoms with Crippen molar-refractivity contribution >= 4 is 23.9 Å². The largest absolute Gasteiger partial charge is 0.462 e. The van der Waals surface area contributed by atoms with Crippen molar-refractivity contribution in [3.63, 3.8) is 0 Å². The highest BCUT2D eigenvalue weighted by molar-refractivity contribution is 6.03. The molecule has 1 aromatic rings. The van der Waals surface area contributed by atoms with Gasteiger partial charge >= 0.3 is 23.9 Å². The second kappa shape index (κ2) is 12.6. The molecule has 0 bridgehead atoms. The summed E-state index contributed by atoms with van der Waals surface area (Å²) < 4.78 is 20.6. The van der Waals surface area contributed by atoms with Gasteiger partial charge in [-0.15, -0.1) is 0 Å². The average molecular weight is 449 g/mol. The molecule has 1 aromatic carbocycles. The number of esters is 4. The molecule has 0 aliphatic heterocycles. The van der Waals surface area contributed by atoms with Gasteiger partial charge in [0.1, 0.15) is 13.2 Å². The molecule has 0 fully saturated rings. The van der Waals surface area contributed by atoms with E-state index in [0.717, 1.165) is 12.8 Å². The minimum absolute atomic E-state index is 0.0197. The molecule has 1 atom stereocenters. The normalized spacial score (nSPS) is 11.8. The molecule has 0 heterocycles.